The van der Waals surface area contributed by atoms with E-state index in [1.165, 1.54) is 0 Å². The Balaban J connectivity index is 1.65. The van der Waals surface area contributed by atoms with Crippen molar-refractivity contribution in [1.82, 2.24) is 15.2 Å². The molecule has 0 bridgehead atoms. The molecule has 7 heteroatoms. The van der Waals surface area contributed by atoms with E-state index >= 15 is 0 Å². The molecule has 0 saturated carbocycles. The highest BCUT2D eigenvalue weighted by Crippen LogP contribution is 2.23. The van der Waals surface area contributed by atoms with Crippen molar-refractivity contribution in [3.63, 3.8) is 0 Å². The number of benzene rings is 1. The Hall–Kier alpha value is -3.66. The molecule has 1 saturated heterocycles. The van der Waals surface area contributed by atoms with Gasteiger partial charge in [0.25, 0.3) is 5.91 Å². The number of likely N-dealkylation sites (tertiary alicyclic amines) is 1. The van der Waals surface area contributed by atoms with Crippen molar-refractivity contribution >= 4 is 23.4 Å². The molecular weight excluding hydrogens is 356 g/mol. The predicted octanol–water partition coefficient (Wildman–Crippen LogP) is 1.43. The van der Waals surface area contributed by atoms with Gasteiger partial charge >= 0.3 is 0 Å². The summed E-state index contributed by atoms with van der Waals surface area (Å²) in [6.45, 7) is 0.780. The second-order valence-electron chi connectivity index (χ2n) is 6.42. The largest absolute Gasteiger partial charge is 0.341 e. The van der Waals surface area contributed by atoms with Crippen LogP contribution in [0.2, 0.25) is 0 Å². The Morgan fingerprint density at radius 3 is 2.75 bits per heavy atom. The molecule has 1 unspecified atom stereocenters. The van der Waals surface area contributed by atoms with Crippen molar-refractivity contribution in [2.45, 2.75) is 13.0 Å². The summed E-state index contributed by atoms with van der Waals surface area (Å²) in [6, 6.07) is 12.2. The van der Waals surface area contributed by atoms with Gasteiger partial charge in [0, 0.05) is 19.2 Å². The first-order valence-electron chi connectivity index (χ1n) is 8.87. The van der Waals surface area contributed by atoms with E-state index < -0.39 is 5.92 Å². The lowest BCUT2D eigenvalue weighted by molar-refractivity contribution is -0.128. The number of pyridine rings is 1. The van der Waals surface area contributed by atoms with Crippen molar-refractivity contribution in [1.29, 1.82) is 0 Å². The lowest BCUT2D eigenvalue weighted by Crippen LogP contribution is -2.29. The van der Waals surface area contributed by atoms with E-state index in [-0.39, 0.29) is 30.7 Å². The molecule has 1 aromatic heterocycles. The Kier molecular flexibility index (Phi) is 6.02. The highest BCUT2D eigenvalue weighted by molar-refractivity contribution is 6.05. The molecule has 3 amide bonds. The predicted molar refractivity (Wildman–Crippen MR) is 104 cm³/mol. The van der Waals surface area contributed by atoms with E-state index in [1.807, 2.05) is 18.2 Å². The molecule has 28 heavy (non-hydrogen) atoms. The first-order valence-corrected chi connectivity index (χ1v) is 8.87. The maximum Gasteiger partial charge on any atom is 0.254 e. The zero-order valence-electron chi connectivity index (χ0n) is 15.2. The van der Waals surface area contributed by atoms with Gasteiger partial charge < -0.3 is 15.5 Å². The van der Waals surface area contributed by atoms with E-state index in [2.05, 4.69) is 21.5 Å². The van der Waals surface area contributed by atoms with Crippen LogP contribution >= 0.6 is 0 Å². The van der Waals surface area contributed by atoms with Crippen LogP contribution < -0.4 is 10.6 Å². The topological polar surface area (TPSA) is 91.4 Å². The van der Waals surface area contributed by atoms with Gasteiger partial charge in [0.05, 0.1) is 36.0 Å². The number of nitrogens with zero attached hydrogens (tertiary/aromatic N) is 2. The number of rotatable bonds is 6. The average Bonchev–Trinajstić information content (AvgIpc) is 3.08. The van der Waals surface area contributed by atoms with Crippen LogP contribution in [-0.4, -0.2) is 40.7 Å². The van der Waals surface area contributed by atoms with Crippen LogP contribution in [0.5, 0.6) is 0 Å². The summed E-state index contributed by atoms with van der Waals surface area (Å²) in [6.07, 6.45) is 6.96. The molecule has 1 aromatic carbocycles. The number of aromatic nitrogens is 1. The Bertz CT molecular complexity index is 921. The number of terminal acetylenes is 1. The van der Waals surface area contributed by atoms with Crippen molar-refractivity contribution in [2.75, 3.05) is 18.4 Å². The van der Waals surface area contributed by atoms with Gasteiger partial charge in [0.2, 0.25) is 11.8 Å². The van der Waals surface area contributed by atoms with Gasteiger partial charge in [-0.2, -0.15) is 0 Å². The number of amides is 3. The highest BCUT2D eigenvalue weighted by Gasteiger charge is 2.34. The van der Waals surface area contributed by atoms with Crippen molar-refractivity contribution in [3.05, 3.63) is 59.9 Å². The molecule has 7 nitrogen and oxygen atoms in total. The zero-order chi connectivity index (χ0) is 19.9. The summed E-state index contributed by atoms with van der Waals surface area (Å²) in [5.74, 6) is 1.09. The van der Waals surface area contributed by atoms with E-state index in [1.54, 1.807) is 35.4 Å². The lowest BCUT2D eigenvalue weighted by atomic mass is 10.1. The Morgan fingerprint density at radius 1 is 1.21 bits per heavy atom. The third-order valence-electron chi connectivity index (χ3n) is 4.44. The molecule has 3 rings (SSSR count). The van der Waals surface area contributed by atoms with E-state index in [4.69, 9.17) is 6.42 Å². The third kappa shape index (κ3) is 4.54. The number of hydrogen-bond acceptors (Lipinski definition) is 4. The SMILES string of the molecule is C#CCNC(=O)c1ccccc1NC(=O)C1CC(=O)N(Cc2ccccn2)C1. The Morgan fingerprint density at radius 2 is 2.00 bits per heavy atom. The van der Waals surface area contributed by atoms with E-state index in [9.17, 15) is 14.4 Å². The molecule has 142 valence electrons. The molecule has 0 radical (unpaired) electrons. The molecular formula is C21H20N4O3. The van der Waals surface area contributed by atoms with Crippen LogP contribution in [-0.2, 0) is 16.1 Å². The maximum absolute atomic E-state index is 12.7. The molecule has 1 aliphatic heterocycles. The summed E-state index contributed by atoms with van der Waals surface area (Å²) >= 11 is 0. The van der Waals surface area contributed by atoms with Gasteiger partial charge in [-0.25, -0.2) is 0 Å². The molecule has 2 aromatic rings. The summed E-state index contributed by atoms with van der Waals surface area (Å²) in [5, 5.41) is 5.35. The van der Waals surface area contributed by atoms with Gasteiger partial charge in [0.1, 0.15) is 0 Å². The minimum absolute atomic E-state index is 0.0918. The van der Waals surface area contributed by atoms with Crippen LogP contribution in [0, 0.1) is 18.3 Å². The molecule has 2 heterocycles. The molecule has 1 aliphatic rings. The van der Waals surface area contributed by atoms with Crippen LogP contribution in [0.25, 0.3) is 0 Å². The summed E-state index contributed by atoms with van der Waals surface area (Å²) in [5.41, 5.74) is 1.48. The molecule has 0 spiro atoms. The summed E-state index contributed by atoms with van der Waals surface area (Å²) in [4.78, 5) is 43.0. The number of anilines is 1. The fraction of sp³-hybridized carbons (Fsp3) is 0.238. The highest BCUT2D eigenvalue weighted by atomic mass is 16.2. The number of carbonyl (C=O) groups excluding carboxylic acids is 3. The van der Waals surface area contributed by atoms with Crippen LogP contribution in [0.1, 0.15) is 22.5 Å². The van der Waals surface area contributed by atoms with Crippen molar-refractivity contribution < 1.29 is 14.4 Å². The first kappa shape index (κ1) is 19.1. The molecule has 1 fully saturated rings. The lowest BCUT2D eigenvalue weighted by Gasteiger charge is -2.16. The van der Waals surface area contributed by atoms with Crippen molar-refractivity contribution in [3.8, 4) is 12.3 Å². The fourth-order valence-corrected chi connectivity index (χ4v) is 3.04. The minimum atomic E-state index is -0.488. The molecule has 0 aliphatic carbocycles. The molecule has 2 N–H and O–H groups in total. The van der Waals surface area contributed by atoms with Crippen LogP contribution in [0.3, 0.4) is 0 Å². The van der Waals surface area contributed by atoms with Gasteiger partial charge in [-0.1, -0.05) is 24.1 Å². The van der Waals surface area contributed by atoms with E-state index in [0.29, 0.717) is 24.3 Å². The third-order valence-corrected chi connectivity index (χ3v) is 4.44. The average molecular weight is 376 g/mol. The minimum Gasteiger partial charge on any atom is -0.341 e. The normalized spacial score (nSPS) is 15.8. The standard InChI is InChI=1S/C21H20N4O3/c1-2-10-23-21(28)17-8-3-4-9-18(17)24-20(27)15-12-19(26)25(13-15)14-16-7-5-6-11-22-16/h1,3-9,11,15H,10,12-14H2,(H,23,28)(H,24,27). The number of nitrogens with one attached hydrogen (secondary N) is 2. The number of hydrogen-bond donors (Lipinski definition) is 2. The number of carbonyl (C=O) groups is 3. The van der Waals surface area contributed by atoms with Gasteiger partial charge in [-0.05, 0) is 24.3 Å². The second kappa shape index (κ2) is 8.82. The van der Waals surface area contributed by atoms with Crippen LogP contribution in [0.4, 0.5) is 5.69 Å². The first-order chi connectivity index (χ1) is 13.6. The number of para-hydroxylation sites is 1. The quantitative estimate of drug-likeness (QED) is 0.746. The van der Waals surface area contributed by atoms with Gasteiger partial charge in [-0.15, -0.1) is 6.42 Å². The van der Waals surface area contributed by atoms with Gasteiger partial charge in [0.15, 0.2) is 0 Å². The smallest absolute Gasteiger partial charge is 0.254 e. The fourth-order valence-electron chi connectivity index (χ4n) is 3.04. The molecule has 1 atom stereocenters. The maximum atomic E-state index is 12.7. The summed E-state index contributed by atoms with van der Waals surface area (Å²) < 4.78 is 0. The second-order valence-corrected chi connectivity index (χ2v) is 6.42. The van der Waals surface area contributed by atoms with Crippen molar-refractivity contribution in [2.24, 2.45) is 5.92 Å². The van der Waals surface area contributed by atoms with E-state index in [0.717, 1.165) is 5.69 Å². The zero-order valence-corrected chi connectivity index (χ0v) is 15.2. The summed E-state index contributed by atoms with van der Waals surface area (Å²) in [7, 11) is 0. The monoisotopic (exact) mass is 376 g/mol. The van der Waals surface area contributed by atoms with Gasteiger partial charge in [-0.3, -0.25) is 19.4 Å². The van der Waals surface area contributed by atoms with Crippen LogP contribution in [0.15, 0.2) is 48.7 Å². The Labute approximate surface area is 163 Å².